The van der Waals surface area contributed by atoms with Crippen LogP contribution in [0.25, 0.3) is 5.41 Å². The number of phenols is 1. The van der Waals surface area contributed by atoms with Crippen LogP contribution in [0.4, 0.5) is 0 Å². The summed E-state index contributed by atoms with van der Waals surface area (Å²) in [6.45, 7) is 0. The van der Waals surface area contributed by atoms with Crippen LogP contribution in [0.3, 0.4) is 0 Å². The van der Waals surface area contributed by atoms with Crippen LogP contribution in [0.15, 0.2) is 54.1 Å². The maximum Gasteiger partial charge on any atom is 0.222 e. The predicted octanol–water partition coefficient (Wildman–Crippen LogP) is 3.06. The van der Waals surface area contributed by atoms with Crippen LogP contribution in [0.2, 0.25) is 0 Å². The lowest BCUT2D eigenvalue weighted by Crippen LogP contribution is -2.24. The fraction of sp³-hybridized carbons (Fsp3) is 0.0625. The van der Waals surface area contributed by atoms with Crippen LogP contribution in [-0.4, -0.2) is 16.9 Å². The molecular formula is C16H11N2O2-. The molecular weight excluding hydrogens is 252 g/mol. The Balaban J connectivity index is 2.25. The van der Waals surface area contributed by atoms with Crippen LogP contribution >= 0.6 is 0 Å². The second-order valence-corrected chi connectivity index (χ2v) is 4.52. The second-order valence-electron chi connectivity index (χ2n) is 4.52. The first-order valence-corrected chi connectivity index (χ1v) is 6.12. The van der Waals surface area contributed by atoms with Crippen LogP contribution < -0.4 is 4.74 Å². The van der Waals surface area contributed by atoms with Gasteiger partial charge in [-0.3, -0.25) is 11.3 Å². The fourth-order valence-electron chi connectivity index (χ4n) is 2.41. The Labute approximate surface area is 116 Å². The first-order chi connectivity index (χ1) is 9.70. The van der Waals surface area contributed by atoms with Gasteiger partial charge in [0, 0.05) is 23.1 Å². The zero-order chi connectivity index (χ0) is 14.1. The Morgan fingerprint density at radius 2 is 1.90 bits per heavy atom. The van der Waals surface area contributed by atoms with Gasteiger partial charge in [-0.25, -0.2) is 0 Å². The fourth-order valence-corrected chi connectivity index (χ4v) is 2.41. The zero-order valence-electron chi connectivity index (χ0n) is 10.5. The Kier molecular flexibility index (Phi) is 2.86. The van der Waals surface area contributed by atoms with Gasteiger partial charge >= 0.3 is 0 Å². The molecule has 2 aromatic carbocycles. The van der Waals surface area contributed by atoms with Gasteiger partial charge in [0.2, 0.25) is 5.90 Å². The highest BCUT2D eigenvalue weighted by molar-refractivity contribution is 6.05. The van der Waals surface area contributed by atoms with E-state index in [1.165, 1.54) is 6.07 Å². The SMILES string of the molecule is [N-]=C=C1C(=N)Oc2cc(O)ccc2C1c1ccccc1. The number of rotatable bonds is 1. The van der Waals surface area contributed by atoms with E-state index in [1.807, 2.05) is 30.3 Å². The highest BCUT2D eigenvalue weighted by Gasteiger charge is 2.30. The number of phenolic OH excluding ortho intramolecular Hbond substituents is 1. The summed E-state index contributed by atoms with van der Waals surface area (Å²) in [5, 5.41) is 26.7. The third-order valence-electron chi connectivity index (χ3n) is 3.31. The summed E-state index contributed by atoms with van der Waals surface area (Å²) in [6.07, 6.45) is 0. The van der Waals surface area contributed by atoms with E-state index >= 15 is 0 Å². The van der Waals surface area contributed by atoms with E-state index in [9.17, 15) is 10.5 Å². The van der Waals surface area contributed by atoms with Crippen molar-refractivity contribution in [3.05, 3.63) is 70.6 Å². The van der Waals surface area contributed by atoms with Crippen molar-refractivity contribution in [1.82, 2.24) is 0 Å². The molecule has 3 rings (SSSR count). The highest BCUT2D eigenvalue weighted by Crippen LogP contribution is 2.42. The molecule has 2 aromatic rings. The normalized spacial score (nSPS) is 17.1. The molecule has 0 fully saturated rings. The number of hydrogen-bond donors (Lipinski definition) is 2. The molecule has 0 spiro atoms. The van der Waals surface area contributed by atoms with E-state index in [4.69, 9.17) is 10.1 Å². The minimum Gasteiger partial charge on any atom is -0.763 e. The number of nitrogens with zero attached hydrogens (tertiary/aromatic N) is 1. The third-order valence-corrected chi connectivity index (χ3v) is 3.31. The van der Waals surface area contributed by atoms with Crippen molar-refractivity contribution in [2.75, 3.05) is 0 Å². The molecule has 1 heterocycles. The molecule has 0 radical (unpaired) electrons. The number of fused-ring (bicyclic) bond motifs is 1. The minimum atomic E-state index is -0.335. The molecule has 1 unspecified atom stereocenters. The molecule has 0 saturated heterocycles. The van der Waals surface area contributed by atoms with Gasteiger partial charge < -0.3 is 15.3 Å². The maximum atomic E-state index is 9.53. The van der Waals surface area contributed by atoms with Gasteiger partial charge in [0.05, 0.1) is 0 Å². The Bertz CT molecular complexity index is 731. The first kappa shape index (κ1) is 12.2. The molecule has 20 heavy (non-hydrogen) atoms. The Morgan fingerprint density at radius 1 is 1.15 bits per heavy atom. The molecule has 2 N–H and O–H groups in total. The second kappa shape index (κ2) is 4.68. The highest BCUT2D eigenvalue weighted by atomic mass is 16.5. The van der Waals surface area contributed by atoms with E-state index in [0.29, 0.717) is 5.75 Å². The van der Waals surface area contributed by atoms with Crippen molar-refractivity contribution in [2.45, 2.75) is 5.92 Å². The lowest BCUT2D eigenvalue weighted by atomic mass is 9.83. The summed E-state index contributed by atoms with van der Waals surface area (Å²) in [5.41, 5.74) is 1.97. The number of benzene rings is 2. The van der Waals surface area contributed by atoms with Crippen molar-refractivity contribution in [3.63, 3.8) is 0 Å². The van der Waals surface area contributed by atoms with Crippen molar-refractivity contribution in [3.8, 4) is 11.5 Å². The van der Waals surface area contributed by atoms with Crippen molar-refractivity contribution in [1.29, 1.82) is 5.41 Å². The van der Waals surface area contributed by atoms with Crippen molar-refractivity contribution in [2.24, 2.45) is 0 Å². The topological polar surface area (TPSA) is 75.6 Å². The standard InChI is InChI=1S/C16H11N2O2/c17-9-13-15(10-4-2-1-3-5-10)12-7-6-11(19)8-14(12)20-16(13)18/h1-8,15,18-19H/q-1. The van der Waals surface area contributed by atoms with E-state index in [-0.39, 0.29) is 23.1 Å². The summed E-state index contributed by atoms with van der Waals surface area (Å²) in [5.74, 6) is 2.05. The number of ether oxygens (including phenoxy) is 1. The van der Waals surface area contributed by atoms with Gasteiger partial charge in [-0.2, -0.15) is 0 Å². The van der Waals surface area contributed by atoms with E-state index < -0.39 is 0 Å². The molecule has 0 aliphatic carbocycles. The summed E-state index contributed by atoms with van der Waals surface area (Å²) in [7, 11) is 0. The lowest BCUT2D eigenvalue weighted by molar-refractivity contribution is 0.463. The molecule has 0 amide bonds. The number of aromatic hydroxyl groups is 1. The summed E-state index contributed by atoms with van der Waals surface area (Å²) in [4.78, 5) is 0. The van der Waals surface area contributed by atoms with Crippen LogP contribution in [-0.2, 0) is 0 Å². The smallest absolute Gasteiger partial charge is 0.222 e. The first-order valence-electron chi connectivity index (χ1n) is 6.12. The molecule has 4 nitrogen and oxygen atoms in total. The largest absolute Gasteiger partial charge is 0.763 e. The van der Waals surface area contributed by atoms with Crippen molar-refractivity contribution >= 4 is 11.8 Å². The molecule has 0 bridgehead atoms. The van der Waals surface area contributed by atoms with Crippen LogP contribution in [0.1, 0.15) is 17.0 Å². The predicted molar refractivity (Wildman–Crippen MR) is 76.6 cm³/mol. The van der Waals surface area contributed by atoms with Gasteiger partial charge in [0.1, 0.15) is 11.5 Å². The van der Waals surface area contributed by atoms with Gasteiger partial charge in [0.25, 0.3) is 0 Å². The molecule has 98 valence electrons. The number of hydrogen-bond acceptors (Lipinski definition) is 3. The summed E-state index contributed by atoms with van der Waals surface area (Å²) >= 11 is 0. The molecule has 1 atom stereocenters. The lowest BCUT2D eigenvalue weighted by Gasteiger charge is -2.28. The van der Waals surface area contributed by atoms with Crippen molar-refractivity contribution < 1.29 is 9.84 Å². The number of nitrogens with one attached hydrogen (secondary N) is 1. The molecule has 1 aliphatic heterocycles. The molecule has 0 saturated carbocycles. The Morgan fingerprint density at radius 3 is 2.60 bits per heavy atom. The quantitative estimate of drug-likeness (QED) is 0.776. The van der Waals surface area contributed by atoms with Gasteiger partial charge in [-0.05, 0) is 11.6 Å². The van der Waals surface area contributed by atoms with E-state index in [0.717, 1.165) is 11.1 Å². The van der Waals surface area contributed by atoms with Crippen LogP contribution in [0, 0.1) is 5.41 Å². The van der Waals surface area contributed by atoms with Gasteiger partial charge in [-0.1, -0.05) is 36.4 Å². The maximum absolute atomic E-state index is 9.53. The average molecular weight is 263 g/mol. The average Bonchev–Trinajstić information content (AvgIpc) is 2.46. The molecule has 4 heteroatoms. The van der Waals surface area contributed by atoms with E-state index in [2.05, 4.69) is 5.87 Å². The Hall–Kier alpha value is -2.84. The third kappa shape index (κ3) is 1.88. The monoisotopic (exact) mass is 263 g/mol. The molecule has 1 aliphatic rings. The zero-order valence-corrected chi connectivity index (χ0v) is 10.5. The minimum absolute atomic E-state index is 0.0729. The van der Waals surface area contributed by atoms with E-state index in [1.54, 1.807) is 12.1 Å². The summed E-state index contributed by atoms with van der Waals surface area (Å²) < 4.78 is 5.33. The van der Waals surface area contributed by atoms with Gasteiger partial charge in [0.15, 0.2) is 0 Å². The van der Waals surface area contributed by atoms with Crippen LogP contribution in [0.5, 0.6) is 11.5 Å². The molecule has 0 aromatic heterocycles. The van der Waals surface area contributed by atoms with Gasteiger partial charge in [-0.15, -0.1) is 0 Å². The summed E-state index contributed by atoms with van der Waals surface area (Å²) in [6, 6.07) is 14.3.